The Morgan fingerprint density at radius 3 is 2.00 bits per heavy atom. The van der Waals surface area contributed by atoms with Gasteiger partial charge in [0.25, 0.3) is 0 Å². The zero-order valence-electron chi connectivity index (χ0n) is 11.7. The molecular formula is C18H20O2. The van der Waals surface area contributed by atoms with Gasteiger partial charge in [-0.05, 0) is 12.0 Å². The van der Waals surface area contributed by atoms with E-state index in [0.717, 1.165) is 6.42 Å². The molecule has 2 rings (SSSR count). The SMILES string of the molecule is C=CCC.O=C(c1ccccc1)C(O)c1ccccc1. The van der Waals surface area contributed by atoms with Gasteiger partial charge in [-0.15, -0.1) is 6.58 Å². The highest BCUT2D eigenvalue weighted by molar-refractivity contribution is 5.99. The average Bonchev–Trinajstić information content (AvgIpc) is 2.55. The number of allylic oxidation sites excluding steroid dienone is 1. The standard InChI is InChI=1S/C14H12O2.C4H8/c15-13(11-7-3-1-4-8-11)14(16)12-9-5-2-6-10-12;1-3-4-2/h1-10,13,15H;3H,1,4H2,2H3. The van der Waals surface area contributed by atoms with Gasteiger partial charge in [-0.1, -0.05) is 73.7 Å². The van der Waals surface area contributed by atoms with Crippen molar-refractivity contribution in [2.45, 2.75) is 19.4 Å². The van der Waals surface area contributed by atoms with Crippen molar-refractivity contribution in [1.29, 1.82) is 0 Å². The topological polar surface area (TPSA) is 37.3 Å². The molecule has 0 spiro atoms. The number of benzene rings is 2. The van der Waals surface area contributed by atoms with Gasteiger partial charge >= 0.3 is 0 Å². The normalized spacial score (nSPS) is 10.9. The van der Waals surface area contributed by atoms with E-state index in [1.54, 1.807) is 48.5 Å². The first-order valence-corrected chi connectivity index (χ1v) is 6.63. The van der Waals surface area contributed by atoms with Crippen molar-refractivity contribution in [3.05, 3.63) is 84.4 Å². The Morgan fingerprint density at radius 2 is 1.55 bits per heavy atom. The molecule has 0 fully saturated rings. The lowest BCUT2D eigenvalue weighted by Gasteiger charge is -2.09. The van der Waals surface area contributed by atoms with E-state index in [9.17, 15) is 9.90 Å². The molecular weight excluding hydrogens is 248 g/mol. The van der Waals surface area contributed by atoms with Crippen LogP contribution >= 0.6 is 0 Å². The molecule has 1 N–H and O–H groups in total. The van der Waals surface area contributed by atoms with Gasteiger partial charge in [-0.2, -0.15) is 0 Å². The summed E-state index contributed by atoms with van der Waals surface area (Å²) < 4.78 is 0. The predicted molar refractivity (Wildman–Crippen MR) is 82.7 cm³/mol. The molecule has 0 heterocycles. The summed E-state index contributed by atoms with van der Waals surface area (Å²) in [5, 5.41) is 9.89. The number of carbonyl (C=O) groups excluding carboxylic acids is 1. The van der Waals surface area contributed by atoms with Crippen LogP contribution in [0.3, 0.4) is 0 Å². The smallest absolute Gasteiger partial charge is 0.195 e. The van der Waals surface area contributed by atoms with Crippen LogP contribution in [0.25, 0.3) is 0 Å². The predicted octanol–water partition coefficient (Wildman–Crippen LogP) is 4.19. The second-order valence-electron chi connectivity index (χ2n) is 4.24. The van der Waals surface area contributed by atoms with E-state index < -0.39 is 6.10 Å². The Kier molecular flexibility index (Phi) is 7.01. The van der Waals surface area contributed by atoms with E-state index >= 15 is 0 Å². The first kappa shape index (κ1) is 15.9. The molecule has 0 radical (unpaired) electrons. The molecule has 0 aromatic heterocycles. The van der Waals surface area contributed by atoms with Crippen molar-refractivity contribution in [3.8, 4) is 0 Å². The molecule has 0 aliphatic rings. The minimum absolute atomic E-state index is 0.271. The molecule has 2 aromatic rings. The van der Waals surface area contributed by atoms with Crippen LogP contribution < -0.4 is 0 Å². The molecule has 2 heteroatoms. The van der Waals surface area contributed by atoms with E-state index in [0.29, 0.717) is 11.1 Å². The summed E-state index contributed by atoms with van der Waals surface area (Å²) in [4.78, 5) is 11.9. The first-order chi connectivity index (χ1) is 9.70. The summed E-state index contributed by atoms with van der Waals surface area (Å²) in [5.74, 6) is -0.271. The fourth-order valence-electron chi connectivity index (χ4n) is 1.55. The maximum absolute atomic E-state index is 11.9. The van der Waals surface area contributed by atoms with Gasteiger partial charge in [0.15, 0.2) is 5.78 Å². The van der Waals surface area contributed by atoms with Crippen LogP contribution in [0, 0.1) is 0 Å². The summed E-state index contributed by atoms with van der Waals surface area (Å²) in [6.07, 6.45) is 1.88. The zero-order chi connectivity index (χ0) is 14.8. The quantitative estimate of drug-likeness (QED) is 0.667. The number of carbonyl (C=O) groups is 1. The minimum Gasteiger partial charge on any atom is -0.380 e. The fourth-order valence-corrected chi connectivity index (χ4v) is 1.55. The largest absolute Gasteiger partial charge is 0.380 e. The van der Waals surface area contributed by atoms with Crippen LogP contribution in [0.5, 0.6) is 0 Å². The van der Waals surface area contributed by atoms with Crippen LogP contribution in [0.4, 0.5) is 0 Å². The van der Waals surface area contributed by atoms with Crippen molar-refractivity contribution < 1.29 is 9.90 Å². The third-order valence-electron chi connectivity index (χ3n) is 2.71. The van der Waals surface area contributed by atoms with Crippen LogP contribution in [-0.4, -0.2) is 10.9 Å². The molecule has 1 unspecified atom stereocenters. The zero-order valence-corrected chi connectivity index (χ0v) is 11.7. The number of aliphatic hydroxyl groups is 1. The maximum atomic E-state index is 11.9. The number of hydrogen-bond donors (Lipinski definition) is 1. The second-order valence-corrected chi connectivity index (χ2v) is 4.24. The molecule has 104 valence electrons. The van der Waals surface area contributed by atoms with Crippen LogP contribution in [0.1, 0.15) is 35.4 Å². The lowest BCUT2D eigenvalue weighted by atomic mass is 10.0. The molecule has 0 amide bonds. The Balaban J connectivity index is 0.000000444. The third-order valence-corrected chi connectivity index (χ3v) is 2.71. The van der Waals surface area contributed by atoms with Crippen molar-refractivity contribution in [1.82, 2.24) is 0 Å². The van der Waals surface area contributed by atoms with Gasteiger partial charge in [-0.25, -0.2) is 0 Å². The van der Waals surface area contributed by atoms with Crippen molar-refractivity contribution in [2.24, 2.45) is 0 Å². The van der Waals surface area contributed by atoms with Gasteiger partial charge in [-0.3, -0.25) is 4.79 Å². The van der Waals surface area contributed by atoms with E-state index in [2.05, 4.69) is 13.5 Å². The highest BCUT2D eigenvalue weighted by atomic mass is 16.3. The Bertz CT molecular complexity index is 518. The van der Waals surface area contributed by atoms with Crippen molar-refractivity contribution >= 4 is 5.78 Å². The Morgan fingerprint density at radius 1 is 1.10 bits per heavy atom. The molecule has 2 aromatic carbocycles. The van der Waals surface area contributed by atoms with Crippen LogP contribution in [-0.2, 0) is 0 Å². The molecule has 0 aliphatic heterocycles. The Labute approximate surface area is 120 Å². The van der Waals surface area contributed by atoms with Crippen molar-refractivity contribution in [2.75, 3.05) is 0 Å². The lowest BCUT2D eigenvalue weighted by molar-refractivity contribution is 0.0747. The van der Waals surface area contributed by atoms with Gasteiger partial charge in [0, 0.05) is 5.56 Å². The molecule has 0 aliphatic carbocycles. The summed E-state index contributed by atoms with van der Waals surface area (Å²) in [6, 6.07) is 17.7. The highest BCUT2D eigenvalue weighted by Gasteiger charge is 2.18. The van der Waals surface area contributed by atoms with E-state index in [4.69, 9.17) is 0 Å². The van der Waals surface area contributed by atoms with Crippen LogP contribution in [0.2, 0.25) is 0 Å². The van der Waals surface area contributed by atoms with Crippen molar-refractivity contribution in [3.63, 3.8) is 0 Å². The average molecular weight is 268 g/mol. The van der Waals surface area contributed by atoms with E-state index in [1.165, 1.54) is 0 Å². The first-order valence-electron chi connectivity index (χ1n) is 6.63. The van der Waals surface area contributed by atoms with E-state index in [1.807, 2.05) is 18.2 Å². The fraction of sp³-hybridized carbons (Fsp3) is 0.167. The van der Waals surface area contributed by atoms with Gasteiger partial charge < -0.3 is 5.11 Å². The highest BCUT2D eigenvalue weighted by Crippen LogP contribution is 2.17. The number of Topliss-reactive ketones (excluding diaryl/α,β-unsaturated/α-hetero) is 1. The maximum Gasteiger partial charge on any atom is 0.195 e. The number of rotatable bonds is 4. The number of ketones is 1. The molecule has 2 nitrogen and oxygen atoms in total. The second kappa shape index (κ2) is 8.83. The summed E-state index contributed by atoms with van der Waals surface area (Å²) in [7, 11) is 0. The summed E-state index contributed by atoms with van der Waals surface area (Å²) >= 11 is 0. The summed E-state index contributed by atoms with van der Waals surface area (Å²) in [5.41, 5.74) is 1.15. The third kappa shape index (κ3) is 4.82. The minimum atomic E-state index is -1.08. The molecule has 1 atom stereocenters. The van der Waals surface area contributed by atoms with Gasteiger partial charge in [0.05, 0.1) is 0 Å². The van der Waals surface area contributed by atoms with Crippen LogP contribution in [0.15, 0.2) is 73.3 Å². The van der Waals surface area contributed by atoms with Gasteiger partial charge in [0.2, 0.25) is 0 Å². The monoisotopic (exact) mass is 268 g/mol. The molecule has 0 saturated heterocycles. The summed E-state index contributed by atoms with van der Waals surface area (Å²) in [6.45, 7) is 5.54. The molecule has 20 heavy (non-hydrogen) atoms. The Hall–Kier alpha value is -2.19. The van der Waals surface area contributed by atoms with Gasteiger partial charge in [0.1, 0.15) is 6.10 Å². The number of hydrogen-bond acceptors (Lipinski definition) is 2. The number of aliphatic hydroxyl groups excluding tert-OH is 1. The van der Waals surface area contributed by atoms with E-state index in [-0.39, 0.29) is 5.78 Å². The molecule has 0 saturated carbocycles. The molecule has 0 bridgehead atoms. The lowest BCUT2D eigenvalue weighted by Crippen LogP contribution is -2.11.